The molecule has 0 radical (unpaired) electrons. The Morgan fingerprint density at radius 2 is 2.04 bits per heavy atom. The molecule has 2 aromatic rings. The van der Waals surface area contributed by atoms with Crippen molar-refractivity contribution in [2.75, 3.05) is 20.2 Å². The zero-order chi connectivity index (χ0) is 20.8. The Morgan fingerprint density at radius 1 is 1.32 bits per heavy atom. The minimum absolute atomic E-state index is 0.0416. The SMILES string of the molecule is CCOc1c(C)cc(C(CN)C(/C=C\N)=NC)nc1-c1cc(Cl)c(F)cc1F. The predicted molar refractivity (Wildman–Crippen MR) is 109 cm³/mol. The topological polar surface area (TPSA) is 86.5 Å². The van der Waals surface area contributed by atoms with Gasteiger partial charge in [-0.25, -0.2) is 13.8 Å². The fourth-order valence-corrected chi connectivity index (χ4v) is 3.08. The van der Waals surface area contributed by atoms with Crippen molar-refractivity contribution in [2.45, 2.75) is 19.8 Å². The summed E-state index contributed by atoms with van der Waals surface area (Å²) in [4.78, 5) is 8.81. The molecule has 4 N–H and O–H groups in total. The van der Waals surface area contributed by atoms with E-state index in [2.05, 4.69) is 9.98 Å². The summed E-state index contributed by atoms with van der Waals surface area (Å²) in [6.45, 7) is 4.19. The molecule has 1 atom stereocenters. The van der Waals surface area contributed by atoms with Crippen LogP contribution in [0.1, 0.15) is 24.1 Å². The molecule has 8 heteroatoms. The fraction of sp³-hybridized carbons (Fsp3) is 0.300. The van der Waals surface area contributed by atoms with Gasteiger partial charge in [-0.15, -0.1) is 0 Å². The van der Waals surface area contributed by atoms with E-state index in [1.165, 1.54) is 12.3 Å². The summed E-state index contributed by atoms with van der Waals surface area (Å²) in [7, 11) is 1.62. The first kappa shape index (κ1) is 21.8. The van der Waals surface area contributed by atoms with Crippen molar-refractivity contribution < 1.29 is 13.5 Å². The quantitative estimate of drug-likeness (QED) is 0.536. The fourth-order valence-electron chi connectivity index (χ4n) is 2.92. The van der Waals surface area contributed by atoms with E-state index in [9.17, 15) is 8.78 Å². The highest BCUT2D eigenvalue weighted by atomic mass is 35.5. The molecule has 1 heterocycles. The molecule has 1 unspecified atom stereocenters. The van der Waals surface area contributed by atoms with Gasteiger partial charge < -0.3 is 16.2 Å². The molecule has 0 aliphatic heterocycles. The van der Waals surface area contributed by atoms with Crippen LogP contribution in [0.4, 0.5) is 8.78 Å². The number of benzene rings is 1. The summed E-state index contributed by atoms with van der Waals surface area (Å²) >= 11 is 5.88. The number of pyridine rings is 1. The van der Waals surface area contributed by atoms with Crippen molar-refractivity contribution in [1.82, 2.24) is 4.98 Å². The maximum absolute atomic E-state index is 14.6. The Bertz CT molecular complexity index is 916. The largest absolute Gasteiger partial charge is 0.491 e. The molecule has 150 valence electrons. The number of aliphatic imine (C=N–C) groups is 1. The van der Waals surface area contributed by atoms with Crippen molar-refractivity contribution in [2.24, 2.45) is 16.5 Å². The summed E-state index contributed by atoms with van der Waals surface area (Å²) in [6.07, 6.45) is 3.01. The van der Waals surface area contributed by atoms with E-state index in [1.54, 1.807) is 13.1 Å². The number of rotatable bonds is 7. The summed E-state index contributed by atoms with van der Waals surface area (Å²) in [5.41, 5.74) is 13.6. The Balaban J connectivity index is 2.76. The molecule has 28 heavy (non-hydrogen) atoms. The normalized spacial score (nSPS) is 13.2. The Morgan fingerprint density at radius 3 is 2.61 bits per heavy atom. The standard InChI is InChI=1S/C20H23ClF2N4O/c1-4-28-20-11(2)7-18(13(10-25)17(26-3)5-6-24)27-19(20)12-8-14(21)16(23)9-15(12)22/h5-9,13H,4,10,24-25H2,1-3H3/b6-5-,26-17?. The third kappa shape index (κ3) is 4.48. The molecule has 1 aromatic heterocycles. The van der Waals surface area contributed by atoms with Gasteiger partial charge in [0.05, 0.1) is 23.2 Å². The van der Waals surface area contributed by atoms with E-state index in [0.717, 1.165) is 11.6 Å². The van der Waals surface area contributed by atoms with Crippen LogP contribution in [0.5, 0.6) is 5.75 Å². The van der Waals surface area contributed by atoms with Gasteiger partial charge in [-0.1, -0.05) is 11.6 Å². The summed E-state index contributed by atoms with van der Waals surface area (Å²) in [5, 5.41) is -0.207. The van der Waals surface area contributed by atoms with E-state index in [4.69, 9.17) is 27.8 Å². The average molecular weight is 409 g/mol. The smallest absolute Gasteiger partial charge is 0.148 e. The van der Waals surface area contributed by atoms with Gasteiger partial charge in [0, 0.05) is 30.9 Å². The van der Waals surface area contributed by atoms with Crippen LogP contribution in [-0.4, -0.2) is 30.9 Å². The van der Waals surface area contributed by atoms with Crippen molar-refractivity contribution in [3.05, 3.63) is 58.4 Å². The molecule has 0 amide bonds. The van der Waals surface area contributed by atoms with Crippen LogP contribution in [0.3, 0.4) is 0 Å². The summed E-state index contributed by atoms with van der Waals surface area (Å²) < 4.78 is 33.9. The van der Waals surface area contributed by atoms with Crippen LogP contribution in [0.2, 0.25) is 5.02 Å². The third-order valence-corrected chi connectivity index (χ3v) is 4.50. The van der Waals surface area contributed by atoms with E-state index in [0.29, 0.717) is 23.8 Å². The summed E-state index contributed by atoms with van der Waals surface area (Å²) in [5.74, 6) is -1.60. The highest BCUT2D eigenvalue weighted by Crippen LogP contribution is 2.37. The second kappa shape index (κ2) is 9.61. The van der Waals surface area contributed by atoms with Crippen LogP contribution in [-0.2, 0) is 0 Å². The number of aromatic nitrogens is 1. The minimum Gasteiger partial charge on any atom is -0.491 e. The van der Waals surface area contributed by atoms with Crippen LogP contribution in [0, 0.1) is 18.6 Å². The van der Waals surface area contributed by atoms with Crippen molar-refractivity contribution in [1.29, 1.82) is 0 Å². The molecule has 2 rings (SSSR count). The number of hydrogen-bond donors (Lipinski definition) is 2. The first-order valence-corrected chi connectivity index (χ1v) is 9.09. The van der Waals surface area contributed by atoms with Gasteiger partial charge in [0.2, 0.25) is 0 Å². The monoisotopic (exact) mass is 408 g/mol. The molecular formula is C20H23ClF2N4O. The van der Waals surface area contributed by atoms with Gasteiger partial charge in [-0.3, -0.25) is 4.99 Å². The van der Waals surface area contributed by atoms with Crippen molar-refractivity contribution in [3.8, 4) is 17.0 Å². The third-order valence-electron chi connectivity index (χ3n) is 4.21. The molecule has 0 fully saturated rings. The van der Waals surface area contributed by atoms with Crippen molar-refractivity contribution >= 4 is 17.3 Å². The number of allylic oxidation sites excluding steroid dienone is 1. The number of ether oxygens (including phenoxy) is 1. The second-order valence-corrected chi connectivity index (χ2v) is 6.42. The summed E-state index contributed by atoms with van der Waals surface area (Å²) in [6, 6.07) is 3.74. The Labute approximate surface area is 168 Å². The molecule has 1 aromatic carbocycles. The number of halogens is 3. The molecular weight excluding hydrogens is 386 g/mol. The first-order chi connectivity index (χ1) is 13.4. The van der Waals surface area contributed by atoms with E-state index >= 15 is 0 Å². The van der Waals surface area contributed by atoms with Gasteiger partial charge in [0.1, 0.15) is 23.1 Å². The lowest BCUT2D eigenvalue weighted by Crippen LogP contribution is -2.22. The number of nitrogens with zero attached hydrogens (tertiary/aromatic N) is 2. The van der Waals surface area contributed by atoms with Gasteiger partial charge >= 0.3 is 0 Å². The minimum atomic E-state index is -0.845. The van der Waals surface area contributed by atoms with Crippen molar-refractivity contribution in [3.63, 3.8) is 0 Å². The van der Waals surface area contributed by atoms with Gasteiger partial charge in [0.15, 0.2) is 0 Å². The Hall–Kier alpha value is -2.51. The van der Waals surface area contributed by atoms with Crippen LogP contribution >= 0.6 is 11.6 Å². The maximum atomic E-state index is 14.6. The molecule has 5 nitrogen and oxygen atoms in total. The highest BCUT2D eigenvalue weighted by Gasteiger charge is 2.23. The second-order valence-electron chi connectivity index (χ2n) is 6.02. The Kier molecular flexibility index (Phi) is 7.48. The first-order valence-electron chi connectivity index (χ1n) is 8.72. The lowest BCUT2D eigenvalue weighted by molar-refractivity contribution is 0.337. The molecule has 0 saturated heterocycles. The van der Waals surface area contributed by atoms with Crippen LogP contribution < -0.4 is 16.2 Å². The van der Waals surface area contributed by atoms with E-state index in [-0.39, 0.29) is 28.7 Å². The highest BCUT2D eigenvalue weighted by molar-refractivity contribution is 6.31. The maximum Gasteiger partial charge on any atom is 0.148 e. The lowest BCUT2D eigenvalue weighted by atomic mass is 9.95. The van der Waals surface area contributed by atoms with E-state index in [1.807, 2.05) is 19.9 Å². The lowest BCUT2D eigenvalue weighted by Gasteiger charge is -2.20. The zero-order valence-electron chi connectivity index (χ0n) is 16.0. The molecule has 0 bridgehead atoms. The average Bonchev–Trinajstić information content (AvgIpc) is 2.66. The number of aryl methyl sites for hydroxylation is 1. The molecule has 0 saturated carbocycles. The van der Waals surface area contributed by atoms with Crippen LogP contribution in [0.15, 0.2) is 35.5 Å². The van der Waals surface area contributed by atoms with Gasteiger partial charge in [0.25, 0.3) is 0 Å². The predicted octanol–water partition coefficient (Wildman–Crippen LogP) is 3.97. The van der Waals surface area contributed by atoms with Gasteiger partial charge in [-0.05, 0) is 43.8 Å². The molecule has 0 aliphatic carbocycles. The number of nitrogens with two attached hydrogens (primary N) is 2. The molecule has 0 aliphatic rings. The van der Waals surface area contributed by atoms with Crippen LogP contribution in [0.25, 0.3) is 11.3 Å². The molecule has 0 spiro atoms. The zero-order valence-corrected chi connectivity index (χ0v) is 16.7. The number of hydrogen-bond acceptors (Lipinski definition) is 5. The van der Waals surface area contributed by atoms with E-state index < -0.39 is 11.6 Å². The van der Waals surface area contributed by atoms with Gasteiger partial charge in [-0.2, -0.15) is 0 Å².